The van der Waals surface area contributed by atoms with Crippen LogP contribution in [0.15, 0.2) is 29.2 Å². The van der Waals surface area contributed by atoms with Crippen LogP contribution >= 0.6 is 0 Å². The second-order valence-corrected chi connectivity index (χ2v) is 17.4. The minimum absolute atomic E-state index is 0.0343. The number of fused-ring (bicyclic) bond motifs is 1. The first kappa shape index (κ1) is 39.4. The molecule has 4 atom stereocenters. The summed E-state index contributed by atoms with van der Waals surface area (Å²) in [6, 6.07) is 4.77. The van der Waals surface area contributed by atoms with Gasteiger partial charge in [-0.1, -0.05) is 33.8 Å². The summed E-state index contributed by atoms with van der Waals surface area (Å²) in [5.74, 6) is -0.390. The van der Waals surface area contributed by atoms with E-state index < -0.39 is 48.1 Å². The lowest BCUT2D eigenvalue weighted by Crippen LogP contribution is -2.56. The van der Waals surface area contributed by atoms with E-state index in [0.717, 1.165) is 6.42 Å². The second-order valence-electron chi connectivity index (χ2n) is 17.4. The number of carbonyl (C=O) groups excluding carboxylic acids is 3. The number of likely N-dealkylation sites (tertiary alicyclic amines) is 1. The van der Waals surface area contributed by atoms with Gasteiger partial charge in [-0.15, -0.1) is 0 Å². The number of amides is 1. The Balaban J connectivity index is 1.42. The van der Waals surface area contributed by atoms with E-state index in [1.165, 1.54) is 17.2 Å². The van der Waals surface area contributed by atoms with Crippen LogP contribution in [-0.4, -0.2) is 77.1 Å². The van der Waals surface area contributed by atoms with Crippen LogP contribution in [-0.2, 0) is 25.2 Å². The maximum atomic E-state index is 13.9. The Morgan fingerprint density at radius 1 is 1.02 bits per heavy atom. The van der Waals surface area contributed by atoms with Crippen molar-refractivity contribution in [3.63, 3.8) is 0 Å². The number of rotatable bonds is 8. The zero-order chi connectivity index (χ0) is 38.6. The molecule has 2 aromatic rings. The van der Waals surface area contributed by atoms with Crippen LogP contribution in [0.4, 0.5) is 4.79 Å². The van der Waals surface area contributed by atoms with Crippen molar-refractivity contribution in [3.8, 4) is 11.5 Å². The predicted octanol–water partition coefficient (Wildman–Crippen LogP) is 6.76. The van der Waals surface area contributed by atoms with Crippen LogP contribution in [0.3, 0.4) is 0 Å². The van der Waals surface area contributed by atoms with Crippen LogP contribution in [0.25, 0.3) is 0 Å². The summed E-state index contributed by atoms with van der Waals surface area (Å²) >= 11 is 0. The Labute approximate surface area is 307 Å². The third kappa shape index (κ3) is 8.36. The highest BCUT2D eigenvalue weighted by molar-refractivity contribution is 6.45. The molecule has 13 heteroatoms. The summed E-state index contributed by atoms with van der Waals surface area (Å²) < 4.78 is 36.6. The van der Waals surface area contributed by atoms with Gasteiger partial charge in [-0.05, 0) is 103 Å². The fourth-order valence-corrected chi connectivity index (χ4v) is 7.23. The molecule has 1 aromatic carbocycles. The van der Waals surface area contributed by atoms with Crippen LogP contribution in [0, 0.1) is 24.2 Å². The first-order chi connectivity index (χ1) is 24.0. The van der Waals surface area contributed by atoms with Gasteiger partial charge in [-0.25, -0.2) is 9.59 Å². The standard InChI is InChI=1S/C39H55BN2O10/c1-22-17-30-39(12,24(3)38(22,10)11)52-40(51-30)16-15-25-13-14-29(47-26-20-42(21-26)33(44)27-19-41-23(2)18-28(27)43)31(34(45)49-36(4,5)6)32(25)48-35(46)50-37(7,8)9/h13-14,18-19,22,24,26,30H,15-17,20-21H2,1-12H3,(H,41,43)/t22-,24-,30+,39-/m0/s1. The Morgan fingerprint density at radius 3 is 2.29 bits per heavy atom. The number of ether oxygens (including phenoxy) is 4. The zero-order valence-electron chi connectivity index (χ0n) is 32.8. The molecule has 5 rings (SSSR count). The van der Waals surface area contributed by atoms with Gasteiger partial charge in [0.05, 0.1) is 24.8 Å². The number of aryl methyl sites for hydroxylation is 2. The molecule has 0 unspecified atom stereocenters. The van der Waals surface area contributed by atoms with E-state index in [4.69, 9.17) is 28.3 Å². The number of carbonyl (C=O) groups is 3. The van der Waals surface area contributed by atoms with E-state index in [0.29, 0.717) is 29.9 Å². The predicted molar refractivity (Wildman–Crippen MR) is 196 cm³/mol. The minimum atomic E-state index is -0.989. The third-order valence-electron chi connectivity index (χ3n) is 10.9. The van der Waals surface area contributed by atoms with Crippen LogP contribution in [0.1, 0.15) is 115 Å². The van der Waals surface area contributed by atoms with Crippen molar-refractivity contribution in [2.45, 2.75) is 131 Å². The van der Waals surface area contributed by atoms with Gasteiger partial charge in [0.25, 0.3) is 5.91 Å². The minimum Gasteiger partial charge on any atom is -0.486 e. The first-order valence-electron chi connectivity index (χ1n) is 18.3. The van der Waals surface area contributed by atoms with E-state index in [-0.39, 0.29) is 58.6 Å². The molecule has 2 aliphatic heterocycles. The topological polar surface area (TPSA) is 143 Å². The quantitative estimate of drug-likeness (QED) is 0.176. The average Bonchev–Trinajstić information content (AvgIpc) is 3.31. The van der Waals surface area contributed by atoms with Gasteiger partial charge in [-0.3, -0.25) is 9.59 Å². The summed E-state index contributed by atoms with van der Waals surface area (Å²) in [6.07, 6.45) is 1.52. The number of aromatic amines is 1. The van der Waals surface area contributed by atoms with E-state index in [9.17, 15) is 19.2 Å². The summed E-state index contributed by atoms with van der Waals surface area (Å²) in [7, 11) is -0.506. The van der Waals surface area contributed by atoms with Crippen LogP contribution in [0.5, 0.6) is 11.5 Å². The highest BCUT2D eigenvalue weighted by Crippen LogP contribution is 2.54. The number of nitrogens with zero attached hydrogens (tertiary/aromatic N) is 1. The largest absolute Gasteiger partial charge is 0.514 e. The average molecular weight is 723 g/mol. The Kier molecular flexibility index (Phi) is 10.7. The molecule has 1 aromatic heterocycles. The van der Waals surface area contributed by atoms with Gasteiger partial charge in [-0.2, -0.15) is 0 Å². The van der Waals surface area contributed by atoms with Gasteiger partial charge in [0.1, 0.15) is 34.2 Å². The van der Waals surface area contributed by atoms with Crippen molar-refractivity contribution < 1.29 is 42.6 Å². The Hall–Kier alpha value is -3.84. The maximum absolute atomic E-state index is 13.9. The van der Waals surface area contributed by atoms with Crippen molar-refractivity contribution in [2.75, 3.05) is 13.1 Å². The van der Waals surface area contributed by atoms with Crippen molar-refractivity contribution in [1.82, 2.24) is 9.88 Å². The lowest BCUT2D eigenvalue weighted by Gasteiger charge is -2.53. The molecule has 3 aliphatic rings. The lowest BCUT2D eigenvalue weighted by molar-refractivity contribution is -0.110. The maximum Gasteiger partial charge on any atom is 0.514 e. The van der Waals surface area contributed by atoms with Crippen molar-refractivity contribution >= 4 is 25.2 Å². The monoisotopic (exact) mass is 722 g/mol. The van der Waals surface area contributed by atoms with Gasteiger partial charge in [0, 0.05) is 18.0 Å². The second kappa shape index (κ2) is 14.2. The first-order valence-corrected chi connectivity index (χ1v) is 18.3. The molecule has 12 nitrogen and oxygen atoms in total. The van der Waals surface area contributed by atoms with Crippen LogP contribution in [0.2, 0.25) is 6.32 Å². The molecule has 1 amide bonds. The molecule has 0 radical (unpaired) electrons. The molecule has 1 saturated carbocycles. The summed E-state index contributed by atoms with van der Waals surface area (Å²) in [6.45, 7) is 23.7. The molecule has 1 aliphatic carbocycles. The molecule has 52 heavy (non-hydrogen) atoms. The summed E-state index contributed by atoms with van der Waals surface area (Å²) in [5, 5.41) is 0. The van der Waals surface area contributed by atoms with Gasteiger partial charge in [0.2, 0.25) is 0 Å². The van der Waals surface area contributed by atoms with Crippen LogP contribution < -0.4 is 14.9 Å². The van der Waals surface area contributed by atoms with Crippen molar-refractivity contribution in [3.05, 3.63) is 57.0 Å². The van der Waals surface area contributed by atoms with Gasteiger partial charge < -0.3 is 38.1 Å². The third-order valence-corrected chi connectivity index (χ3v) is 10.9. The van der Waals surface area contributed by atoms with E-state index in [1.54, 1.807) is 60.6 Å². The summed E-state index contributed by atoms with van der Waals surface area (Å²) in [5.41, 5.74) is -1.35. The number of esters is 1. The molecular weight excluding hydrogens is 667 g/mol. The Morgan fingerprint density at radius 2 is 1.67 bits per heavy atom. The molecular formula is C39H55BN2O10. The SMILES string of the molecule is Cc1cc(=O)c(C(=O)N2CC(Oc3ccc(CCB4O[C@@H]5C[C@H](C)C(C)(C)[C@H](C)[C@]5(C)O4)c(OC(=O)OC(C)(C)C)c3C(=O)OC(C)(C)C)C2)c[nH]1. The number of hydrogen-bond donors (Lipinski definition) is 1. The molecule has 3 fully saturated rings. The molecule has 1 N–H and O–H groups in total. The number of aromatic nitrogens is 1. The smallest absolute Gasteiger partial charge is 0.486 e. The highest BCUT2D eigenvalue weighted by atomic mass is 16.7. The highest BCUT2D eigenvalue weighted by Gasteiger charge is 2.59. The normalized spacial score (nSPS) is 24.5. The van der Waals surface area contributed by atoms with E-state index in [1.807, 2.05) is 0 Å². The Bertz CT molecular complexity index is 1750. The van der Waals surface area contributed by atoms with Gasteiger partial charge in [0.15, 0.2) is 11.2 Å². The van der Waals surface area contributed by atoms with Crippen molar-refractivity contribution in [1.29, 1.82) is 0 Å². The fourth-order valence-electron chi connectivity index (χ4n) is 7.23. The molecule has 2 saturated heterocycles. The van der Waals surface area contributed by atoms with Crippen molar-refractivity contribution in [2.24, 2.45) is 17.3 Å². The van der Waals surface area contributed by atoms with E-state index >= 15 is 0 Å². The summed E-state index contributed by atoms with van der Waals surface area (Å²) in [4.78, 5) is 57.0. The van der Waals surface area contributed by atoms with E-state index in [2.05, 4.69) is 39.6 Å². The molecule has 284 valence electrons. The molecule has 0 bridgehead atoms. The fraction of sp³-hybridized carbons (Fsp3) is 0.641. The molecule has 0 spiro atoms. The zero-order valence-corrected chi connectivity index (χ0v) is 32.8. The number of benzene rings is 1. The number of hydrogen-bond acceptors (Lipinski definition) is 10. The molecule has 3 heterocycles. The number of pyridine rings is 1. The number of nitrogens with one attached hydrogen (secondary N) is 1. The lowest BCUT2D eigenvalue weighted by atomic mass is 9.57. The van der Waals surface area contributed by atoms with Gasteiger partial charge >= 0.3 is 19.2 Å². The number of H-pyrrole nitrogens is 1.